The highest BCUT2D eigenvalue weighted by atomic mass is 16.5. The van der Waals surface area contributed by atoms with Crippen molar-refractivity contribution >= 4 is 0 Å². The molecular formula is C24H25NO. The van der Waals surface area contributed by atoms with Gasteiger partial charge in [-0.1, -0.05) is 36.4 Å². The predicted molar refractivity (Wildman–Crippen MR) is 106 cm³/mol. The third kappa shape index (κ3) is 3.80. The summed E-state index contributed by atoms with van der Waals surface area (Å²) in [5.74, 6) is 2.34. The quantitative estimate of drug-likeness (QED) is 0.534. The second-order valence-corrected chi connectivity index (χ2v) is 7.14. The SMILES string of the molecule is COc1ccc(-c2ccccn2)cc1[C@H](CCc1ccccc1)C1CC1. The molecule has 2 heteroatoms. The topological polar surface area (TPSA) is 22.1 Å². The fraction of sp³-hybridized carbons (Fsp3) is 0.292. The van der Waals surface area contributed by atoms with E-state index in [1.165, 1.54) is 29.5 Å². The van der Waals surface area contributed by atoms with Crippen LogP contribution in [0, 0.1) is 5.92 Å². The smallest absolute Gasteiger partial charge is 0.122 e. The first-order chi connectivity index (χ1) is 12.8. The Morgan fingerprint density at radius 1 is 1.00 bits per heavy atom. The molecule has 1 heterocycles. The fourth-order valence-electron chi connectivity index (χ4n) is 3.83. The third-order valence-electron chi connectivity index (χ3n) is 5.37. The molecule has 1 aromatic heterocycles. The molecule has 132 valence electrons. The van der Waals surface area contributed by atoms with Crippen molar-refractivity contribution in [3.8, 4) is 17.0 Å². The van der Waals surface area contributed by atoms with Crippen molar-refractivity contribution in [3.05, 3.63) is 84.1 Å². The molecule has 1 aliphatic rings. The summed E-state index contributed by atoms with van der Waals surface area (Å²) in [4.78, 5) is 4.52. The van der Waals surface area contributed by atoms with E-state index < -0.39 is 0 Å². The average Bonchev–Trinajstić information content (AvgIpc) is 3.55. The van der Waals surface area contributed by atoms with E-state index in [2.05, 4.69) is 59.6 Å². The molecule has 0 amide bonds. The Morgan fingerprint density at radius 2 is 1.81 bits per heavy atom. The largest absolute Gasteiger partial charge is 0.496 e. The van der Waals surface area contributed by atoms with Gasteiger partial charge in [-0.25, -0.2) is 0 Å². The standard InChI is InChI=1S/C24H25NO/c1-26-24-15-13-20(23-9-5-6-16-25-23)17-22(24)21(19-11-12-19)14-10-18-7-3-2-4-8-18/h2-9,13,15-17,19,21H,10-12,14H2,1H3/t21-/m1/s1. The van der Waals surface area contributed by atoms with E-state index in [0.717, 1.165) is 30.2 Å². The van der Waals surface area contributed by atoms with Crippen LogP contribution in [0.25, 0.3) is 11.3 Å². The highest BCUT2D eigenvalue weighted by Crippen LogP contribution is 2.48. The molecule has 0 saturated heterocycles. The Labute approximate surface area is 155 Å². The summed E-state index contributed by atoms with van der Waals surface area (Å²) in [5.41, 5.74) is 4.95. The Balaban J connectivity index is 1.64. The van der Waals surface area contributed by atoms with Gasteiger partial charge in [0.1, 0.15) is 5.75 Å². The van der Waals surface area contributed by atoms with Gasteiger partial charge in [-0.2, -0.15) is 0 Å². The number of nitrogens with zero attached hydrogens (tertiary/aromatic N) is 1. The number of benzene rings is 2. The molecule has 2 aromatic carbocycles. The van der Waals surface area contributed by atoms with Crippen LogP contribution in [-0.4, -0.2) is 12.1 Å². The van der Waals surface area contributed by atoms with Gasteiger partial charge in [0, 0.05) is 11.8 Å². The third-order valence-corrected chi connectivity index (χ3v) is 5.37. The molecule has 0 bridgehead atoms. The molecule has 0 radical (unpaired) electrons. The fourth-order valence-corrected chi connectivity index (χ4v) is 3.83. The first-order valence-electron chi connectivity index (χ1n) is 9.48. The van der Waals surface area contributed by atoms with E-state index in [9.17, 15) is 0 Å². The summed E-state index contributed by atoms with van der Waals surface area (Å²) >= 11 is 0. The van der Waals surface area contributed by atoms with Crippen molar-refractivity contribution in [2.45, 2.75) is 31.6 Å². The molecule has 1 atom stereocenters. The molecule has 4 rings (SSSR count). The zero-order chi connectivity index (χ0) is 17.8. The molecule has 3 aromatic rings. The van der Waals surface area contributed by atoms with E-state index in [-0.39, 0.29) is 0 Å². The Hall–Kier alpha value is -2.61. The van der Waals surface area contributed by atoms with Gasteiger partial charge >= 0.3 is 0 Å². The van der Waals surface area contributed by atoms with Crippen LogP contribution in [0.5, 0.6) is 5.75 Å². The number of aryl methyl sites for hydroxylation is 1. The van der Waals surface area contributed by atoms with Crippen molar-refractivity contribution < 1.29 is 4.74 Å². The van der Waals surface area contributed by atoms with Gasteiger partial charge in [0.15, 0.2) is 0 Å². The molecule has 26 heavy (non-hydrogen) atoms. The van der Waals surface area contributed by atoms with E-state index in [0.29, 0.717) is 5.92 Å². The van der Waals surface area contributed by atoms with Gasteiger partial charge in [0.2, 0.25) is 0 Å². The molecule has 1 aliphatic carbocycles. The average molecular weight is 343 g/mol. The highest BCUT2D eigenvalue weighted by molar-refractivity contribution is 5.62. The van der Waals surface area contributed by atoms with Crippen LogP contribution in [0.15, 0.2) is 72.9 Å². The second-order valence-electron chi connectivity index (χ2n) is 7.14. The Kier molecular flexibility index (Phi) is 5.01. The highest BCUT2D eigenvalue weighted by Gasteiger charge is 2.33. The van der Waals surface area contributed by atoms with Gasteiger partial charge in [-0.3, -0.25) is 4.98 Å². The molecule has 1 saturated carbocycles. The lowest BCUT2D eigenvalue weighted by molar-refractivity contribution is 0.399. The monoisotopic (exact) mass is 343 g/mol. The minimum absolute atomic E-state index is 0.550. The van der Waals surface area contributed by atoms with Gasteiger partial charge < -0.3 is 4.74 Å². The van der Waals surface area contributed by atoms with Gasteiger partial charge in [0.25, 0.3) is 0 Å². The summed E-state index contributed by atoms with van der Waals surface area (Å²) in [5, 5.41) is 0. The minimum Gasteiger partial charge on any atom is -0.496 e. The molecular weight excluding hydrogens is 318 g/mol. The molecule has 0 N–H and O–H groups in total. The van der Waals surface area contributed by atoms with Crippen LogP contribution in [0.1, 0.15) is 36.3 Å². The van der Waals surface area contributed by atoms with E-state index >= 15 is 0 Å². The van der Waals surface area contributed by atoms with Crippen LogP contribution in [0.2, 0.25) is 0 Å². The zero-order valence-electron chi connectivity index (χ0n) is 15.3. The zero-order valence-corrected chi connectivity index (χ0v) is 15.3. The van der Waals surface area contributed by atoms with E-state index in [4.69, 9.17) is 4.74 Å². The maximum absolute atomic E-state index is 5.73. The number of methoxy groups -OCH3 is 1. The summed E-state index contributed by atoms with van der Waals surface area (Å²) in [7, 11) is 1.78. The summed E-state index contributed by atoms with van der Waals surface area (Å²) in [6.45, 7) is 0. The summed E-state index contributed by atoms with van der Waals surface area (Å²) < 4.78 is 5.73. The number of aromatic nitrogens is 1. The lowest BCUT2D eigenvalue weighted by atomic mass is 9.86. The van der Waals surface area contributed by atoms with E-state index in [1.54, 1.807) is 7.11 Å². The van der Waals surface area contributed by atoms with Gasteiger partial charge in [-0.15, -0.1) is 0 Å². The Morgan fingerprint density at radius 3 is 2.50 bits per heavy atom. The lowest BCUT2D eigenvalue weighted by Gasteiger charge is -2.21. The van der Waals surface area contributed by atoms with Crippen LogP contribution in [0.3, 0.4) is 0 Å². The number of pyridine rings is 1. The molecule has 2 nitrogen and oxygen atoms in total. The molecule has 1 fully saturated rings. The van der Waals surface area contributed by atoms with Crippen LogP contribution < -0.4 is 4.74 Å². The maximum Gasteiger partial charge on any atom is 0.122 e. The van der Waals surface area contributed by atoms with Gasteiger partial charge in [0.05, 0.1) is 12.8 Å². The van der Waals surface area contributed by atoms with Crippen LogP contribution >= 0.6 is 0 Å². The second kappa shape index (κ2) is 7.74. The predicted octanol–water partition coefficient (Wildman–Crippen LogP) is 5.88. The maximum atomic E-state index is 5.73. The molecule has 0 unspecified atom stereocenters. The first kappa shape index (κ1) is 16.8. The minimum atomic E-state index is 0.550. The molecule has 0 aliphatic heterocycles. The number of rotatable bonds is 7. The van der Waals surface area contributed by atoms with E-state index in [1.807, 2.05) is 18.3 Å². The number of hydrogen-bond donors (Lipinski definition) is 0. The van der Waals surface area contributed by atoms with Crippen molar-refractivity contribution in [1.82, 2.24) is 4.98 Å². The number of ether oxygens (including phenoxy) is 1. The van der Waals surface area contributed by atoms with Crippen molar-refractivity contribution in [3.63, 3.8) is 0 Å². The lowest BCUT2D eigenvalue weighted by Crippen LogP contribution is -2.06. The first-order valence-corrected chi connectivity index (χ1v) is 9.48. The normalized spacial score (nSPS) is 14.8. The van der Waals surface area contributed by atoms with Gasteiger partial charge in [-0.05, 0) is 79.0 Å². The van der Waals surface area contributed by atoms with Crippen molar-refractivity contribution in [2.75, 3.05) is 7.11 Å². The Bertz CT molecular complexity index is 841. The summed E-state index contributed by atoms with van der Waals surface area (Å²) in [6, 6.07) is 23.4. The van der Waals surface area contributed by atoms with Crippen LogP contribution in [0.4, 0.5) is 0 Å². The summed E-state index contributed by atoms with van der Waals surface area (Å²) in [6.07, 6.45) is 6.79. The van der Waals surface area contributed by atoms with Crippen LogP contribution in [-0.2, 0) is 6.42 Å². The molecule has 0 spiro atoms. The number of hydrogen-bond acceptors (Lipinski definition) is 2. The van der Waals surface area contributed by atoms with Crippen molar-refractivity contribution in [1.29, 1.82) is 0 Å². The van der Waals surface area contributed by atoms with Crippen molar-refractivity contribution in [2.24, 2.45) is 5.92 Å².